The number of hydrogen-bond donors (Lipinski definition) is 1. The number of benzene rings is 1. The predicted octanol–water partition coefficient (Wildman–Crippen LogP) is 2.01. The highest BCUT2D eigenvalue weighted by molar-refractivity contribution is 5.94. The van der Waals surface area contributed by atoms with Crippen LogP contribution in [-0.4, -0.2) is 29.8 Å². The first-order valence-electron chi connectivity index (χ1n) is 6.83. The number of anilines is 1. The van der Waals surface area contributed by atoms with Gasteiger partial charge in [0, 0.05) is 24.2 Å². The van der Waals surface area contributed by atoms with Gasteiger partial charge in [0.25, 0.3) is 0 Å². The molecule has 0 radical (unpaired) electrons. The van der Waals surface area contributed by atoms with Gasteiger partial charge in [0.05, 0.1) is 6.54 Å². The normalized spacial score (nSPS) is 15.3. The third kappa shape index (κ3) is 3.86. The summed E-state index contributed by atoms with van der Waals surface area (Å²) in [6.45, 7) is 0.774. The molecule has 2 amide bonds. The summed E-state index contributed by atoms with van der Waals surface area (Å²) in [6, 6.07) is 7.11. The molecule has 1 aromatic rings. The summed E-state index contributed by atoms with van der Waals surface area (Å²) >= 11 is 0. The first-order chi connectivity index (χ1) is 9.69. The van der Waals surface area contributed by atoms with Crippen molar-refractivity contribution in [2.24, 2.45) is 0 Å². The summed E-state index contributed by atoms with van der Waals surface area (Å²) in [5, 5.41) is 2.78. The van der Waals surface area contributed by atoms with Crippen LogP contribution in [0.4, 0.5) is 5.69 Å². The zero-order valence-corrected chi connectivity index (χ0v) is 11.4. The van der Waals surface area contributed by atoms with Crippen molar-refractivity contribution >= 4 is 17.5 Å². The molecule has 0 saturated carbocycles. The van der Waals surface area contributed by atoms with Crippen LogP contribution in [0.25, 0.3) is 0 Å². The molecular weight excluding hydrogens is 252 g/mol. The first kappa shape index (κ1) is 14.1. The van der Waals surface area contributed by atoms with Crippen molar-refractivity contribution in [1.29, 1.82) is 0 Å². The molecule has 1 aromatic carbocycles. The number of carbonyl (C=O) groups is 2. The van der Waals surface area contributed by atoms with Gasteiger partial charge in [-0.25, -0.2) is 0 Å². The Bertz CT molecular complexity index is 546. The Morgan fingerprint density at radius 1 is 1.35 bits per heavy atom. The second-order valence-electron chi connectivity index (χ2n) is 4.90. The van der Waals surface area contributed by atoms with Crippen molar-refractivity contribution in [3.8, 4) is 12.3 Å². The van der Waals surface area contributed by atoms with Gasteiger partial charge in [-0.2, -0.15) is 0 Å². The van der Waals surface area contributed by atoms with Crippen LogP contribution in [0.5, 0.6) is 0 Å². The number of rotatable bonds is 3. The largest absolute Gasteiger partial charge is 0.333 e. The minimum absolute atomic E-state index is 0.0648. The van der Waals surface area contributed by atoms with E-state index >= 15 is 0 Å². The standard InChI is InChI=1S/C16H18N2O2/c1-2-13-7-6-8-14(11-13)17-15(19)12-18-10-5-3-4-9-16(18)20/h1,6-8,11H,3-5,9-10,12H2,(H,17,19). The second-order valence-corrected chi connectivity index (χ2v) is 4.90. The molecule has 4 heteroatoms. The number of nitrogens with zero attached hydrogens (tertiary/aromatic N) is 1. The van der Waals surface area contributed by atoms with Crippen molar-refractivity contribution in [3.05, 3.63) is 29.8 Å². The number of amides is 2. The van der Waals surface area contributed by atoms with E-state index in [0.29, 0.717) is 24.2 Å². The summed E-state index contributed by atoms with van der Waals surface area (Å²) in [5.41, 5.74) is 1.38. The van der Waals surface area contributed by atoms with E-state index in [9.17, 15) is 9.59 Å². The Hall–Kier alpha value is -2.28. The van der Waals surface area contributed by atoms with Crippen molar-refractivity contribution in [1.82, 2.24) is 4.90 Å². The quantitative estimate of drug-likeness (QED) is 0.854. The minimum Gasteiger partial charge on any atom is -0.333 e. The minimum atomic E-state index is -0.186. The van der Waals surface area contributed by atoms with Crippen LogP contribution in [0, 0.1) is 12.3 Å². The maximum Gasteiger partial charge on any atom is 0.243 e. The molecule has 2 rings (SSSR count). The predicted molar refractivity (Wildman–Crippen MR) is 78.1 cm³/mol. The van der Waals surface area contributed by atoms with Crippen LogP contribution in [0.15, 0.2) is 24.3 Å². The number of carbonyl (C=O) groups excluding carboxylic acids is 2. The molecule has 4 nitrogen and oxygen atoms in total. The highest BCUT2D eigenvalue weighted by atomic mass is 16.2. The van der Waals surface area contributed by atoms with Crippen LogP contribution >= 0.6 is 0 Å². The molecule has 0 bridgehead atoms. The van der Waals surface area contributed by atoms with Gasteiger partial charge < -0.3 is 10.2 Å². The van der Waals surface area contributed by atoms with E-state index in [4.69, 9.17) is 6.42 Å². The molecule has 1 aliphatic heterocycles. The lowest BCUT2D eigenvalue weighted by molar-refractivity contribution is -0.134. The topological polar surface area (TPSA) is 49.4 Å². The Labute approximate surface area is 119 Å². The van der Waals surface area contributed by atoms with Gasteiger partial charge in [0.1, 0.15) is 0 Å². The summed E-state index contributed by atoms with van der Waals surface area (Å²) in [4.78, 5) is 25.4. The smallest absolute Gasteiger partial charge is 0.243 e. The number of nitrogens with one attached hydrogen (secondary N) is 1. The fourth-order valence-corrected chi connectivity index (χ4v) is 2.27. The molecule has 0 atom stereocenters. The second kappa shape index (κ2) is 6.76. The third-order valence-corrected chi connectivity index (χ3v) is 3.32. The fourth-order valence-electron chi connectivity index (χ4n) is 2.27. The van der Waals surface area contributed by atoms with Gasteiger partial charge in [-0.15, -0.1) is 6.42 Å². The van der Waals surface area contributed by atoms with Gasteiger partial charge in [0.15, 0.2) is 0 Å². The molecule has 1 saturated heterocycles. The van der Waals surface area contributed by atoms with E-state index in [1.165, 1.54) is 0 Å². The van der Waals surface area contributed by atoms with Gasteiger partial charge in [-0.05, 0) is 31.0 Å². The van der Waals surface area contributed by atoms with Crippen molar-refractivity contribution in [2.45, 2.75) is 25.7 Å². The Morgan fingerprint density at radius 2 is 2.20 bits per heavy atom. The third-order valence-electron chi connectivity index (χ3n) is 3.32. The fraction of sp³-hybridized carbons (Fsp3) is 0.375. The Morgan fingerprint density at radius 3 is 3.00 bits per heavy atom. The molecule has 1 N–H and O–H groups in total. The lowest BCUT2D eigenvalue weighted by Gasteiger charge is -2.19. The lowest BCUT2D eigenvalue weighted by atomic mass is 10.2. The van der Waals surface area contributed by atoms with Gasteiger partial charge >= 0.3 is 0 Å². The number of likely N-dealkylation sites (tertiary alicyclic amines) is 1. The van der Waals surface area contributed by atoms with Gasteiger partial charge in [-0.3, -0.25) is 9.59 Å². The van der Waals surface area contributed by atoms with Crippen molar-refractivity contribution in [2.75, 3.05) is 18.4 Å². The summed E-state index contributed by atoms with van der Waals surface area (Å²) in [5.74, 6) is 2.40. The Balaban J connectivity index is 1.94. The van der Waals surface area contributed by atoms with Crippen LogP contribution in [-0.2, 0) is 9.59 Å². The van der Waals surface area contributed by atoms with Crippen LogP contribution < -0.4 is 5.32 Å². The Kier molecular flexibility index (Phi) is 4.78. The highest BCUT2D eigenvalue weighted by Gasteiger charge is 2.19. The number of terminal acetylenes is 1. The zero-order chi connectivity index (χ0) is 14.4. The van der Waals surface area contributed by atoms with E-state index < -0.39 is 0 Å². The van der Waals surface area contributed by atoms with E-state index in [2.05, 4.69) is 11.2 Å². The molecule has 0 aliphatic carbocycles. The maximum absolute atomic E-state index is 12.0. The average Bonchev–Trinajstić information content (AvgIpc) is 2.64. The van der Waals surface area contributed by atoms with Gasteiger partial charge in [0.2, 0.25) is 11.8 Å². The zero-order valence-electron chi connectivity index (χ0n) is 11.4. The maximum atomic E-state index is 12.0. The van der Waals surface area contributed by atoms with Gasteiger partial charge in [-0.1, -0.05) is 18.4 Å². The SMILES string of the molecule is C#Cc1cccc(NC(=O)CN2CCCCCC2=O)c1. The van der Waals surface area contributed by atoms with Crippen LogP contribution in [0.1, 0.15) is 31.2 Å². The van der Waals surface area contributed by atoms with Crippen LogP contribution in [0.3, 0.4) is 0 Å². The average molecular weight is 270 g/mol. The summed E-state index contributed by atoms with van der Waals surface area (Å²) < 4.78 is 0. The lowest BCUT2D eigenvalue weighted by Crippen LogP contribution is -2.37. The molecule has 104 valence electrons. The summed E-state index contributed by atoms with van der Waals surface area (Å²) in [7, 11) is 0. The van der Waals surface area contributed by atoms with E-state index in [0.717, 1.165) is 19.3 Å². The molecule has 20 heavy (non-hydrogen) atoms. The molecule has 0 unspecified atom stereocenters. The van der Waals surface area contributed by atoms with Crippen LogP contribution in [0.2, 0.25) is 0 Å². The molecule has 1 fully saturated rings. The molecule has 0 aromatic heterocycles. The monoisotopic (exact) mass is 270 g/mol. The first-order valence-corrected chi connectivity index (χ1v) is 6.83. The van der Waals surface area contributed by atoms with E-state index in [-0.39, 0.29) is 18.4 Å². The van der Waals surface area contributed by atoms with Crippen molar-refractivity contribution in [3.63, 3.8) is 0 Å². The number of hydrogen-bond acceptors (Lipinski definition) is 2. The van der Waals surface area contributed by atoms with E-state index in [1.807, 2.05) is 0 Å². The van der Waals surface area contributed by atoms with E-state index in [1.54, 1.807) is 29.2 Å². The summed E-state index contributed by atoms with van der Waals surface area (Å²) in [6.07, 6.45) is 8.79. The molecule has 0 spiro atoms. The highest BCUT2D eigenvalue weighted by Crippen LogP contribution is 2.12. The van der Waals surface area contributed by atoms with Crippen molar-refractivity contribution < 1.29 is 9.59 Å². The molecule has 1 heterocycles. The molecular formula is C16H18N2O2. The molecule has 1 aliphatic rings.